The molecule has 0 bridgehead atoms. The van der Waals surface area contributed by atoms with Gasteiger partial charge in [-0.15, -0.1) is 0 Å². The summed E-state index contributed by atoms with van der Waals surface area (Å²) in [6.45, 7) is 2.07. The summed E-state index contributed by atoms with van der Waals surface area (Å²) in [6, 6.07) is 16.1. The van der Waals surface area contributed by atoms with E-state index in [2.05, 4.69) is 17.0 Å². The molecule has 2 atom stereocenters. The van der Waals surface area contributed by atoms with Crippen LogP contribution in [-0.2, 0) is 11.3 Å². The Hall–Kier alpha value is -2.08. The van der Waals surface area contributed by atoms with Gasteiger partial charge in [0.05, 0.1) is 33.5 Å². The number of nitrogens with zero attached hydrogens (tertiary/aromatic N) is 1. The van der Waals surface area contributed by atoms with E-state index >= 15 is 0 Å². The van der Waals surface area contributed by atoms with Crippen molar-refractivity contribution in [3.8, 4) is 11.5 Å². The molecule has 3 rings (SSSR count). The van der Waals surface area contributed by atoms with Crippen LogP contribution >= 0.6 is 0 Å². The number of hydrogen-bond donors (Lipinski definition) is 1. The van der Waals surface area contributed by atoms with Crippen molar-refractivity contribution >= 4 is 0 Å². The molecule has 5 heteroatoms. The van der Waals surface area contributed by atoms with Gasteiger partial charge in [0.25, 0.3) is 0 Å². The summed E-state index contributed by atoms with van der Waals surface area (Å²) in [5.74, 6) is 1.48. The summed E-state index contributed by atoms with van der Waals surface area (Å²) in [5, 5.41) is 9.79. The van der Waals surface area contributed by atoms with Gasteiger partial charge in [-0.05, 0) is 11.6 Å². The van der Waals surface area contributed by atoms with Crippen molar-refractivity contribution in [3.63, 3.8) is 0 Å². The molecule has 1 aliphatic heterocycles. The summed E-state index contributed by atoms with van der Waals surface area (Å²) < 4.78 is 16.8. The van der Waals surface area contributed by atoms with Gasteiger partial charge < -0.3 is 19.3 Å². The number of para-hydroxylation sites is 1. The summed E-state index contributed by atoms with van der Waals surface area (Å²) in [4.78, 5) is 2.33. The predicted octanol–water partition coefficient (Wildman–Crippen LogP) is 2.64. The predicted molar refractivity (Wildman–Crippen MR) is 96.0 cm³/mol. The van der Waals surface area contributed by atoms with E-state index < -0.39 is 0 Å². The average Bonchev–Trinajstić information content (AvgIpc) is 2.68. The van der Waals surface area contributed by atoms with Crippen molar-refractivity contribution in [1.29, 1.82) is 0 Å². The minimum atomic E-state index is -0.243. The molecule has 1 N–H and O–H groups in total. The number of ether oxygens (including phenoxy) is 3. The summed E-state index contributed by atoms with van der Waals surface area (Å²) in [6.07, 6.45) is -0.243. The average molecular weight is 343 g/mol. The van der Waals surface area contributed by atoms with Gasteiger partial charge in [-0.2, -0.15) is 0 Å². The van der Waals surface area contributed by atoms with Crippen LogP contribution in [-0.4, -0.2) is 50.1 Å². The van der Waals surface area contributed by atoms with Gasteiger partial charge >= 0.3 is 0 Å². The van der Waals surface area contributed by atoms with Gasteiger partial charge in [0.1, 0.15) is 6.10 Å². The lowest BCUT2D eigenvalue weighted by atomic mass is 9.97. The molecule has 134 valence electrons. The number of aliphatic hydroxyl groups excluding tert-OH is 1. The number of methoxy groups -OCH3 is 2. The zero-order valence-electron chi connectivity index (χ0n) is 14.7. The largest absolute Gasteiger partial charge is 0.493 e. The van der Waals surface area contributed by atoms with Gasteiger partial charge in [-0.1, -0.05) is 42.5 Å². The first kappa shape index (κ1) is 17.7. The van der Waals surface area contributed by atoms with Crippen LogP contribution in [0.5, 0.6) is 11.5 Å². The molecule has 0 spiro atoms. The first-order valence-electron chi connectivity index (χ1n) is 8.49. The Morgan fingerprint density at radius 1 is 1.08 bits per heavy atom. The molecule has 0 unspecified atom stereocenters. The Labute approximate surface area is 148 Å². The Bertz CT molecular complexity index is 677. The fraction of sp³-hybridized carbons (Fsp3) is 0.400. The van der Waals surface area contributed by atoms with E-state index in [4.69, 9.17) is 14.2 Å². The smallest absolute Gasteiger partial charge is 0.165 e. The van der Waals surface area contributed by atoms with E-state index in [9.17, 15) is 5.11 Å². The minimum Gasteiger partial charge on any atom is -0.493 e. The third-order valence-electron chi connectivity index (χ3n) is 4.63. The standard InChI is InChI=1S/C20H25NO4/c1-23-17-10-6-9-16(20(17)24-2)13-21-11-12-25-18(14-22)19(21)15-7-4-3-5-8-15/h3-10,18-19,22H,11-14H2,1-2H3/t18-,19-/m1/s1. The lowest BCUT2D eigenvalue weighted by Gasteiger charge is -2.41. The molecule has 1 heterocycles. The van der Waals surface area contributed by atoms with E-state index in [0.29, 0.717) is 13.2 Å². The van der Waals surface area contributed by atoms with Crippen LogP contribution in [0.2, 0.25) is 0 Å². The monoisotopic (exact) mass is 343 g/mol. The molecule has 0 saturated carbocycles. The fourth-order valence-corrected chi connectivity index (χ4v) is 3.49. The van der Waals surface area contributed by atoms with E-state index in [1.807, 2.05) is 36.4 Å². The molecule has 0 aromatic heterocycles. The molecule has 1 aliphatic rings. The zero-order valence-corrected chi connectivity index (χ0v) is 14.7. The zero-order chi connectivity index (χ0) is 17.6. The highest BCUT2D eigenvalue weighted by Gasteiger charge is 2.33. The van der Waals surface area contributed by atoms with Crippen LogP contribution in [0.1, 0.15) is 17.2 Å². The number of hydrogen-bond acceptors (Lipinski definition) is 5. The fourth-order valence-electron chi connectivity index (χ4n) is 3.49. The highest BCUT2D eigenvalue weighted by molar-refractivity contribution is 5.46. The Morgan fingerprint density at radius 2 is 1.88 bits per heavy atom. The Balaban J connectivity index is 1.92. The van der Waals surface area contributed by atoms with Crippen molar-refractivity contribution in [2.45, 2.75) is 18.7 Å². The summed E-state index contributed by atoms with van der Waals surface area (Å²) in [5.41, 5.74) is 2.20. The molecule has 0 amide bonds. The highest BCUT2D eigenvalue weighted by atomic mass is 16.5. The first-order chi connectivity index (χ1) is 12.3. The van der Waals surface area contributed by atoms with E-state index in [1.165, 1.54) is 0 Å². The second-order valence-corrected chi connectivity index (χ2v) is 6.07. The number of aliphatic hydroxyl groups is 1. The van der Waals surface area contributed by atoms with Crippen molar-refractivity contribution in [3.05, 3.63) is 59.7 Å². The quantitative estimate of drug-likeness (QED) is 0.874. The second kappa shape index (κ2) is 8.34. The molecule has 2 aromatic rings. The minimum absolute atomic E-state index is 0.00384. The van der Waals surface area contributed by atoms with Crippen LogP contribution in [0.25, 0.3) is 0 Å². The molecule has 1 fully saturated rings. The normalized spacial score (nSPS) is 21.1. The van der Waals surface area contributed by atoms with Crippen LogP contribution in [0.4, 0.5) is 0 Å². The van der Waals surface area contributed by atoms with Crippen molar-refractivity contribution in [2.75, 3.05) is 34.0 Å². The van der Waals surface area contributed by atoms with Gasteiger partial charge in [0.15, 0.2) is 11.5 Å². The van der Waals surface area contributed by atoms with E-state index in [1.54, 1.807) is 14.2 Å². The van der Waals surface area contributed by atoms with Crippen molar-refractivity contribution in [2.24, 2.45) is 0 Å². The Kier molecular flexibility index (Phi) is 5.91. The maximum absolute atomic E-state index is 9.79. The van der Waals surface area contributed by atoms with Crippen molar-refractivity contribution < 1.29 is 19.3 Å². The molecule has 1 saturated heterocycles. The maximum atomic E-state index is 9.79. The highest BCUT2D eigenvalue weighted by Crippen LogP contribution is 2.35. The van der Waals surface area contributed by atoms with E-state index in [-0.39, 0.29) is 18.8 Å². The van der Waals surface area contributed by atoms with Crippen LogP contribution in [0, 0.1) is 0 Å². The van der Waals surface area contributed by atoms with Gasteiger partial charge in [0, 0.05) is 18.7 Å². The summed E-state index contributed by atoms with van der Waals surface area (Å²) >= 11 is 0. The van der Waals surface area contributed by atoms with E-state index in [0.717, 1.165) is 29.2 Å². The SMILES string of the molecule is COc1cccc(CN2CCO[C@H](CO)[C@H]2c2ccccc2)c1OC. The van der Waals surface area contributed by atoms with Gasteiger partial charge in [0.2, 0.25) is 0 Å². The number of benzene rings is 2. The first-order valence-corrected chi connectivity index (χ1v) is 8.49. The summed E-state index contributed by atoms with van der Waals surface area (Å²) in [7, 11) is 3.30. The third-order valence-corrected chi connectivity index (χ3v) is 4.63. The van der Waals surface area contributed by atoms with Gasteiger partial charge in [-0.25, -0.2) is 0 Å². The molecule has 25 heavy (non-hydrogen) atoms. The van der Waals surface area contributed by atoms with Crippen LogP contribution < -0.4 is 9.47 Å². The number of rotatable bonds is 6. The maximum Gasteiger partial charge on any atom is 0.165 e. The molecule has 2 aromatic carbocycles. The number of morpholine rings is 1. The molecule has 0 aliphatic carbocycles. The second-order valence-electron chi connectivity index (χ2n) is 6.07. The van der Waals surface area contributed by atoms with Crippen LogP contribution in [0.3, 0.4) is 0 Å². The topological polar surface area (TPSA) is 51.2 Å². The van der Waals surface area contributed by atoms with Crippen LogP contribution in [0.15, 0.2) is 48.5 Å². The lowest BCUT2D eigenvalue weighted by Crippen LogP contribution is -2.46. The molecule has 5 nitrogen and oxygen atoms in total. The molecular formula is C20H25NO4. The molecular weight excluding hydrogens is 318 g/mol. The third kappa shape index (κ3) is 3.79. The van der Waals surface area contributed by atoms with Gasteiger partial charge in [-0.3, -0.25) is 4.90 Å². The van der Waals surface area contributed by atoms with Crippen molar-refractivity contribution in [1.82, 2.24) is 4.90 Å². The Morgan fingerprint density at radius 3 is 2.56 bits per heavy atom. The lowest BCUT2D eigenvalue weighted by molar-refractivity contribution is -0.0961. The molecule has 0 radical (unpaired) electrons.